The van der Waals surface area contributed by atoms with Crippen molar-refractivity contribution in [1.82, 2.24) is 19.6 Å². The van der Waals surface area contributed by atoms with Crippen LogP contribution in [0.25, 0.3) is 0 Å². The molecular formula is C39H46Cl2N6O4. The van der Waals surface area contributed by atoms with Crippen molar-refractivity contribution in [2.75, 3.05) is 65.6 Å². The van der Waals surface area contributed by atoms with E-state index in [0.29, 0.717) is 92.8 Å². The van der Waals surface area contributed by atoms with Crippen LogP contribution in [0.3, 0.4) is 0 Å². The Labute approximate surface area is 311 Å². The lowest BCUT2D eigenvalue weighted by atomic mass is 9.85. The highest BCUT2D eigenvalue weighted by Gasteiger charge is 2.45. The van der Waals surface area contributed by atoms with E-state index in [2.05, 4.69) is 11.0 Å². The van der Waals surface area contributed by atoms with Crippen LogP contribution in [-0.4, -0.2) is 103 Å². The standard InChI is InChI=1S/C38H42Cl2N6O4.CH4/c1-4-50-32-14-9-28(38(2,3)25-41)23-31(32)36-42-34(26-5-10-29(39)11-6-26)35(27-7-12-30(40)13-8-27)46(36)37(48)45-17-15-43(16-18-45)24-33(47)44-19-21-49-22-20-44;/h5-14,23,34-35H,4,15-22,24H2,1-3H3;1H4/t34-,35+;/m0./s1. The number of halogens is 2. The van der Waals surface area contributed by atoms with Gasteiger partial charge in [0, 0.05) is 49.3 Å². The molecule has 0 aromatic heterocycles. The van der Waals surface area contributed by atoms with E-state index < -0.39 is 17.5 Å². The lowest BCUT2D eigenvalue weighted by Crippen LogP contribution is -2.56. The molecule has 0 N–H and O–H groups in total. The second-order valence-corrected chi connectivity index (χ2v) is 14.1. The van der Waals surface area contributed by atoms with Crippen LogP contribution in [0.5, 0.6) is 5.75 Å². The Morgan fingerprint density at radius 1 is 0.902 bits per heavy atom. The van der Waals surface area contributed by atoms with Crippen LogP contribution < -0.4 is 4.74 Å². The molecule has 51 heavy (non-hydrogen) atoms. The van der Waals surface area contributed by atoms with Crippen LogP contribution in [0.2, 0.25) is 10.0 Å². The lowest BCUT2D eigenvalue weighted by molar-refractivity contribution is -0.136. The molecule has 3 aromatic rings. The van der Waals surface area contributed by atoms with Crippen molar-refractivity contribution >= 4 is 41.0 Å². The van der Waals surface area contributed by atoms with Gasteiger partial charge in [-0.1, -0.05) is 61.0 Å². The molecule has 12 heteroatoms. The average molecular weight is 734 g/mol. The number of morpholine rings is 1. The first-order valence-corrected chi connectivity index (χ1v) is 17.8. The number of carbonyl (C=O) groups excluding carboxylic acids is 2. The van der Waals surface area contributed by atoms with E-state index in [0.717, 1.165) is 16.7 Å². The molecule has 0 saturated carbocycles. The maximum Gasteiger partial charge on any atom is 0.326 e. The number of benzene rings is 3. The third kappa shape index (κ3) is 8.34. The second-order valence-electron chi connectivity index (χ2n) is 13.2. The molecule has 10 nitrogen and oxygen atoms in total. The van der Waals surface area contributed by atoms with Crippen molar-refractivity contribution in [1.29, 1.82) is 5.26 Å². The number of carbonyl (C=O) groups is 2. The monoisotopic (exact) mass is 732 g/mol. The quantitative estimate of drug-likeness (QED) is 0.248. The van der Waals surface area contributed by atoms with Crippen LogP contribution in [0.1, 0.15) is 62.5 Å². The summed E-state index contributed by atoms with van der Waals surface area (Å²) in [6.45, 7) is 10.7. The Balaban J connectivity index is 0.00000504. The van der Waals surface area contributed by atoms with Gasteiger partial charge in [-0.2, -0.15) is 5.26 Å². The highest BCUT2D eigenvalue weighted by Crippen LogP contribution is 2.46. The van der Waals surface area contributed by atoms with Crippen LogP contribution in [0.15, 0.2) is 71.7 Å². The summed E-state index contributed by atoms with van der Waals surface area (Å²) >= 11 is 12.7. The molecule has 0 spiro atoms. The van der Waals surface area contributed by atoms with Crippen molar-refractivity contribution < 1.29 is 19.1 Å². The first kappa shape index (κ1) is 38.1. The third-order valence-corrected chi connectivity index (χ3v) is 10.1. The molecule has 270 valence electrons. The van der Waals surface area contributed by atoms with Crippen molar-refractivity contribution in [3.05, 3.63) is 99.0 Å². The number of piperazine rings is 1. The van der Waals surface area contributed by atoms with E-state index in [-0.39, 0.29) is 19.4 Å². The number of ether oxygens (including phenoxy) is 2. The zero-order valence-corrected chi connectivity index (χ0v) is 30.2. The lowest BCUT2D eigenvalue weighted by Gasteiger charge is -2.39. The van der Waals surface area contributed by atoms with E-state index in [9.17, 15) is 14.9 Å². The zero-order valence-electron chi connectivity index (χ0n) is 28.6. The summed E-state index contributed by atoms with van der Waals surface area (Å²) in [7, 11) is 0. The second kappa shape index (κ2) is 16.5. The van der Waals surface area contributed by atoms with E-state index in [4.69, 9.17) is 37.7 Å². The molecule has 3 amide bonds. The fourth-order valence-electron chi connectivity index (χ4n) is 6.65. The number of amidine groups is 1. The number of hydrogen-bond acceptors (Lipinski definition) is 7. The van der Waals surface area contributed by atoms with Crippen molar-refractivity contribution in [3.8, 4) is 11.8 Å². The maximum absolute atomic E-state index is 15.0. The molecule has 6 rings (SSSR count). The van der Waals surface area contributed by atoms with E-state index in [1.807, 2.05) is 97.3 Å². The van der Waals surface area contributed by atoms with Gasteiger partial charge in [-0.15, -0.1) is 0 Å². The fourth-order valence-corrected chi connectivity index (χ4v) is 6.90. The van der Waals surface area contributed by atoms with Gasteiger partial charge >= 0.3 is 6.03 Å². The summed E-state index contributed by atoms with van der Waals surface area (Å²) in [5.74, 6) is 1.11. The Morgan fingerprint density at radius 3 is 2.10 bits per heavy atom. The van der Waals surface area contributed by atoms with Gasteiger partial charge in [-0.3, -0.25) is 19.6 Å². The van der Waals surface area contributed by atoms with Gasteiger partial charge in [-0.25, -0.2) is 4.79 Å². The molecule has 3 aliphatic heterocycles. The van der Waals surface area contributed by atoms with E-state index in [1.165, 1.54) is 0 Å². The molecular weight excluding hydrogens is 687 g/mol. The Bertz CT molecular complexity index is 1760. The predicted molar refractivity (Wildman–Crippen MR) is 201 cm³/mol. The van der Waals surface area contributed by atoms with Gasteiger partial charge < -0.3 is 19.3 Å². The number of nitriles is 1. The summed E-state index contributed by atoms with van der Waals surface area (Å²) in [5.41, 5.74) is 2.37. The average Bonchev–Trinajstić information content (AvgIpc) is 3.53. The van der Waals surface area contributed by atoms with Gasteiger partial charge in [0.15, 0.2) is 0 Å². The zero-order chi connectivity index (χ0) is 35.4. The molecule has 2 fully saturated rings. The van der Waals surface area contributed by atoms with Crippen molar-refractivity contribution in [2.45, 2.75) is 45.7 Å². The van der Waals surface area contributed by atoms with Crippen LogP contribution in [-0.2, 0) is 14.9 Å². The number of aliphatic imine (C=N–C) groups is 1. The van der Waals surface area contributed by atoms with Gasteiger partial charge in [0.2, 0.25) is 5.91 Å². The largest absolute Gasteiger partial charge is 0.493 e. The number of urea groups is 1. The molecule has 0 aliphatic carbocycles. The van der Waals surface area contributed by atoms with Gasteiger partial charge in [0.1, 0.15) is 17.6 Å². The topological polar surface area (TPSA) is 102 Å². The Hall–Kier alpha value is -4.14. The summed E-state index contributed by atoms with van der Waals surface area (Å²) in [6.07, 6.45) is 0. The molecule has 3 aromatic carbocycles. The Morgan fingerprint density at radius 2 is 1.51 bits per heavy atom. The smallest absolute Gasteiger partial charge is 0.326 e. The highest BCUT2D eigenvalue weighted by molar-refractivity contribution is 6.30. The summed E-state index contributed by atoms with van der Waals surface area (Å²) in [6, 6.07) is 21.9. The van der Waals surface area contributed by atoms with Gasteiger partial charge in [-0.05, 0) is 73.9 Å². The minimum absolute atomic E-state index is 0. The minimum atomic E-state index is -0.798. The first-order valence-electron chi connectivity index (χ1n) is 17.0. The molecule has 3 aliphatic rings. The van der Waals surface area contributed by atoms with Crippen LogP contribution in [0, 0.1) is 11.3 Å². The highest BCUT2D eigenvalue weighted by atomic mass is 35.5. The normalized spacial score (nSPS) is 19.6. The molecule has 0 unspecified atom stereocenters. The first-order chi connectivity index (χ1) is 24.1. The fraction of sp³-hybridized carbons (Fsp3) is 0.436. The number of amides is 3. The van der Waals surface area contributed by atoms with Gasteiger partial charge in [0.25, 0.3) is 0 Å². The SMILES string of the molecule is C.CCOc1ccc(C(C)(C)C#N)cc1C1=N[C@@H](c2ccc(Cl)cc2)[C@@H](c2ccc(Cl)cc2)N1C(=O)N1CCN(CC(=O)N2CCOCC2)CC1. The molecule has 2 atom stereocenters. The van der Waals surface area contributed by atoms with Crippen LogP contribution >= 0.6 is 23.2 Å². The van der Waals surface area contributed by atoms with E-state index >= 15 is 0 Å². The van der Waals surface area contributed by atoms with Gasteiger partial charge in [0.05, 0.1) is 49.5 Å². The van der Waals surface area contributed by atoms with E-state index in [1.54, 1.807) is 4.90 Å². The Kier molecular flexibility index (Phi) is 12.3. The summed E-state index contributed by atoms with van der Waals surface area (Å²) in [5, 5.41) is 11.2. The summed E-state index contributed by atoms with van der Waals surface area (Å²) in [4.78, 5) is 40.8. The third-order valence-electron chi connectivity index (χ3n) is 9.58. The van der Waals surface area contributed by atoms with Crippen molar-refractivity contribution in [2.24, 2.45) is 4.99 Å². The summed E-state index contributed by atoms with van der Waals surface area (Å²) < 4.78 is 11.5. The minimum Gasteiger partial charge on any atom is -0.493 e. The molecule has 0 bridgehead atoms. The molecule has 3 heterocycles. The van der Waals surface area contributed by atoms with Crippen molar-refractivity contribution in [3.63, 3.8) is 0 Å². The number of rotatable bonds is 8. The van der Waals surface area contributed by atoms with Crippen LogP contribution in [0.4, 0.5) is 4.79 Å². The number of nitrogens with zero attached hydrogens (tertiary/aromatic N) is 6. The molecule has 0 radical (unpaired) electrons. The predicted octanol–water partition coefficient (Wildman–Crippen LogP) is 6.97. The maximum atomic E-state index is 15.0. The molecule has 2 saturated heterocycles. The number of hydrogen-bond donors (Lipinski definition) is 0.